The number of nitrogen functional groups attached to an aromatic ring is 5. The van der Waals surface area contributed by atoms with Crippen LogP contribution in [0.3, 0.4) is 0 Å². The predicted molar refractivity (Wildman–Crippen MR) is 590 cm³/mol. The second-order valence-corrected chi connectivity index (χ2v) is 41.8. The van der Waals surface area contributed by atoms with Crippen LogP contribution < -0.4 is 64.7 Å². The molecule has 1 fully saturated rings. The summed E-state index contributed by atoms with van der Waals surface area (Å²) in [7, 11) is -0.671. The molecule has 27 nitrogen and oxygen atoms in total. The maximum atomic E-state index is 12.7. The van der Waals surface area contributed by atoms with Gasteiger partial charge < -0.3 is 64.7 Å². The molecule has 1 aliphatic carbocycles. The summed E-state index contributed by atoms with van der Waals surface area (Å²) in [4.78, 5) is 99.9. The molecule has 10 aromatic heterocycles. The number of aromatic nitrogens is 9. The van der Waals surface area contributed by atoms with Crippen molar-refractivity contribution in [2.24, 2.45) is 0 Å². The summed E-state index contributed by atoms with van der Waals surface area (Å²) in [6.45, 7) is 5.34. The molecule has 32 heteroatoms. The third-order valence-corrected chi connectivity index (χ3v) is 32.2. The lowest BCUT2D eigenvalue weighted by molar-refractivity contribution is 0.0937. The third-order valence-electron chi connectivity index (χ3n) is 26.6. The van der Waals surface area contributed by atoms with Gasteiger partial charge in [0.1, 0.15) is 44.9 Å². The minimum absolute atomic E-state index is 0.0140. The molecule has 19 aromatic rings. The number of nitrogens with zero attached hydrogens (tertiary/aromatic N) is 9. The summed E-state index contributed by atoms with van der Waals surface area (Å²) < 4.78 is 23.8. The van der Waals surface area contributed by atoms with Crippen LogP contribution in [-0.4, -0.2) is 130 Å². The monoisotopic (exact) mass is 2020 g/mol. The zero-order valence-corrected chi connectivity index (χ0v) is 83.3. The van der Waals surface area contributed by atoms with E-state index in [0.29, 0.717) is 67.4 Å². The number of rotatable bonds is 16. The molecule has 1 saturated carbocycles. The topological polar surface area (TPSA) is 430 Å². The maximum absolute atomic E-state index is 12.7. The Kier molecular flexibility index (Phi) is 26.8. The molecule has 9 aromatic carbocycles. The third kappa shape index (κ3) is 20.1. The van der Waals surface area contributed by atoms with Gasteiger partial charge in [-0.25, -0.2) is 44.1 Å². The standard InChI is InChI=1S/C24H20N4O2S.C24H24N4O2S.C23H18N4OS.C22H18N4OS.C21H16N4OS/c1-30-21-12-16(24-27-8-9-31-24)3-4-18(21)17-11-20(22(25)28-13-17)14-2-5-19-15(10-14)6-7-26-23(19)29;1-31(30,20-6-7-20)28-19-4-2-3-15(12-19)18-13-22(23(25)27-14-18)16-5-8-21-17(11-16)9-10-26-24(21)29;24-21-20(15-4-5-19-16(11-15)6-7-25-22(19)28)12-18(13-27-21)14-2-1-3-17(10-14)23-26-8-9-29-23;1-12-2-4-16(20-19(12)26-11-28-20)15-9-18(21(23)25-10-15)13-3-5-17-14(8-13)6-7-24-22(17)27;22-20-17(12-1-2-16-13(7-12)3-5-24-21(16)26)8-15(10-25-20)18-11-23-9-14-4-6-27-19(14)18/h2-5,8-13H,6-7H2,1H3,(H2,25,28)(H,26,29);2-5,8,11-14,20H,1,6-7,9-10H2,(H2,25,27)(H,26,29)(H,28,30);1-5,8-13H,6-7H2,(H2,24,27)(H,25,28);2-5,8-11H,6-7H2,1H3,(H2,23,25)(H,24,27);1-2,4,6-11H,3,5H2,(H2,22,25)(H,24,26). The number of carbonyl (C=O) groups excluding carboxylic acids is 5. The van der Waals surface area contributed by atoms with Gasteiger partial charge in [-0.2, -0.15) is 0 Å². The molecule has 0 saturated heterocycles. The lowest BCUT2D eigenvalue weighted by Gasteiger charge is -2.18. The van der Waals surface area contributed by atoms with Gasteiger partial charge in [0.05, 0.1) is 22.8 Å². The number of hydrogen-bond acceptors (Lipinski definition) is 25. The van der Waals surface area contributed by atoms with E-state index in [-0.39, 0.29) is 34.8 Å². The number of aryl methyl sites for hydroxylation is 1. The number of thiophene rings is 1. The fourth-order valence-electron chi connectivity index (χ4n) is 18.8. The van der Waals surface area contributed by atoms with E-state index in [1.165, 1.54) is 4.70 Å². The Bertz CT molecular complexity index is 8520. The highest BCUT2D eigenvalue weighted by atomic mass is 32.2. The van der Waals surface area contributed by atoms with Crippen molar-refractivity contribution in [3.05, 3.63) is 345 Å². The van der Waals surface area contributed by atoms with Gasteiger partial charge in [-0.1, -0.05) is 109 Å². The van der Waals surface area contributed by atoms with E-state index in [1.54, 1.807) is 83.4 Å². The van der Waals surface area contributed by atoms with Crippen molar-refractivity contribution < 1.29 is 32.9 Å². The molecule has 15 heterocycles. The molecule has 25 rings (SSSR count). The summed E-state index contributed by atoms with van der Waals surface area (Å²) in [6, 6.07) is 67.8. The highest BCUT2D eigenvalue weighted by Crippen LogP contribution is 2.44. The summed E-state index contributed by atoms with van der Waals surface area (Å²) in [5.41, 5.74) is 65.8. The number of nitrogens with two attached hydrogens (primary N) is 5. The molecular weight excluding hydrogens is 1920 g/mol. The van der Waals surface area contributed by atoms with Crippen molar-refractivity contribution >= 4 is 146 Å². The number of hydrogen-bond donors (Lipinski definition) is 11. The van der Waals surface area contributed by atoms with Crippen molar-refractivity contribution in [1.29, 1.82) is 0 Å². The van der Waals surface area contributed by atoms with Crippen LogP contribution in [0.4, 0.5) is 34.8 Å². The SMILES string of the molecule is C=S(=O)(Nc1cccc(-c2cnc(N)c(-c3ccc4c(c3)CCNC4=O)c2)c1)C1CC1.COc1cc(-c2nccs2)ccc1-c1cnc(N)c(-c2ccc3c(c2)CCNC3=O)c1.Cc1ccc(-c2cnc(N)c(-c3ccc4c(c3)CCNC4=O)c2)c2scnc12.Nc1ncc(-c2cccc(-c3nccs3)c2)cc1-c1ccc2c(c1)CCNC2=O.Nc1ncc(-c2cncc3ccsc23)cc1-c1ccc2c(c1)CCNC2=O. The molecule has 724 valence electrons. The van der Waals surface area contributed by atoms with Gasteiger partial charge in [-0.05, 0) is 233 Å². The van der Waals surface area contributed by atoms with E-state index >= 15 is 0 Å². The molecule has 146 heavy (non-hydrogen) atoms. The molecule has 5 amide bonds. The van der Waals surface area contributed by atoms with Gasteiger partial charge in [-0.3, -0.25) is 29.0 Å². The van der Waals surface area contributed by atoms with Gasteiger partial charge in [0.25, 0.3) is 29.5 Å². The van der Waals surface area contributed by atoms with Gasteiger partial charge >= 0.3 is 0 Å². The van der Waals surface area contributed by atoms with E-state index in [1.807, 2.05) is 175 Å². The van der Waals surface area contributed by atoms with E-state index in [4.69, 9.17) is 33.4 Å². The smallest absolute Gasteiger partial charge is 0.251 e. The largest absolute Gasteiger partial charge is 0.496 e. The van der Waals surface area contributed by atoms with Crippen molar-refractivity contribution in [3.8, 4) is 138 Å². The van der Waals surface area contributed by atoms with Crippen molar-refractivity contribution in [2.45, 2.75) is 57.1 Å². The summed E-state index contributed by atoms with van der Waals surface area (Å²) in [5, 5.41) is 23.6. The number of carbonyl (C=O) groups is 5. The minimum Gasteiger partial charge on any atom is -0.496 e. The van der Waals surface area contributed by atoms with E-state index in [9.17, 15) is 28.2 Å². The van der Waals surface area contributed by atoms with Crippen LogP contribution in [0.5, 0.6) is 5.75 Å². The molecule has 0 bridgehead atoms. The van der Waals surface area contributed by atoms with Crippen LogP contribution in [0, 0.1) is 6.92 Å². The van der Waals surface area contributed by atoms with Crippen molar-refractivity contribution in [3.63, 3.8) is 0 Å². The van der Waals surface area contributed by atoms with Gasteiger partial charge in [0.2, 0.25) is 0 Å². The predicted octanol–water partition coefficient (Wildman–Crippen LogP) is 20.4. The molecular formula is C114H96N20O7S5. The first-order valence-corrected chi connectivity index (χ1v) is 52.7. The number of pyridine rings is 6. The van der Waals surface area contributed by atoms with Crippen LogP contribution in [0.2, 0.25) is 0 Å². The summed E-state index contributed by atoms with van der Waals surface area (Å²) in [6.07, 6.45) is 22.2. The van der Waals surface area contributed by atoms with Gasteiger partial charge in [-0.15, -0.1) is 45.3 Å². The normalized spacial score (nSPS) is 14.1. The minimum atomic E-state index is -2.33. The van der Waals surface area contributed by atoms with E-state index < -0.39 is 9.71 Å². The molecule has 1 atom stereocenters. The number of thiazole rings is 3. The van der Waals surface area contributed by atoms with Gasteiger partial charge in [0, 0.05) is 241 Å². The average molecular weight is 2020 g/mol. The van der Waals surface area contributed by atoms with E-state index in [2.05, 4.69) is 167 Å². The van der Waals surface area contributed by atoms with Gasteiger partial charge in [0.15, 0.2) is 0 Å². The van der Waals surface area contributed by atoms with E-state index in [0.717, 1.165) is 260 Å². The molecule has 0 radical (unpaired) electrons. The van der Waals surface area contributed by atoms with Crippen LogP contribution >= 0.6 is 45.3 Å². The average Bonchev–Trinajstić information content (AvgIpc) is 1.34. The Hall–Kier alpha value is -17.0. The number of nitrogens with one attached hydrogen (secondary N) is 6. The first-order valence-electron chi connectivity index (χ1n) is 47.4. The second-order valence-electron chi connectivity index (χ2n) is 35.9. The van der Waals surface area contributed by atoms with Crippen LogP contribution in [0.1, 0.15) is 98.0 Å². The molecule has 1 unspecified atom stereocenters. The Balaban J connectivity index is 0.000000107. The Morgan fingerprint density at radius 1 is 0.342 bits per heavy atom. The zero-order chi connectivity index (χ0) is 100. The second kappa shape index (κ2) is 41.1. The first kappa shape index (κ1) is 95.2. The fraction of sp³-hybridized carbons (Fsp3) is 0.132. The Labute approximate surface area is 856 Å². The Morgan fingerprint density at radius 3 is 1.14 bits per heavy atom. The quantitative estimate of drug-likeness (QED) is 0.0400. The van der Waals surface area contributed by atoms with Crippen molar-refractivity contribution in [1.82, 2.24) is 71.4 Å². The first-order chi connectivity index (χ1) is 71.0. The molecule has 0 spiro atoms. The number of anilines is 6. The number of fused-ring (bicyclic) bond motifs is 7. The highest BCUT2D eigenvalue weighted by Gasteiger charge is 2.32. The molecule has 6 aliphatic rings. The Morgan fingerprint density at radius 2 is 0.719 bits per heavy atom. The van der Waals surface area contributed by atoms with Crippen LogP contribution in [-0.2, 0) is 41.8 Å². The molecule has 16 N–H and O–H groups in total. The molecule has 5 aliphatic heterocycles. The number of ether oxygens (including phenoxy) is 1. The maximum Gasteiger partial charge on any atom is 0.251 e. The van der Waals surface area contributed by atoms with Crippen molar-refractivity contribution in [2.75, 3.05) is 73.2 Å². The summed E-state index contributed by atoms with van der Waals surface area (Å²) >= 11 is 6.53. The lowest BCUT2D eigenvalue weighted by atomic mass is 9.94. The van der Waals surface area contributed by atoms with Crippen LogP contribution in [0.25, 0.3) is 153 Å². The van der Waals surface area contributed by atoms with Crippen LogP contribution in [0.15, 0.2) is 284 Å². The summed E-state index contributed by atoms with van der Waals surface area (Å²) in [5.74, 6) is 6.85. The number of benzene rings is 9. The zero-order valence-electron chi connectivity index (χ0n) is 79.2. The number of amides is 5. The highest BCUT2D eigenvalue weighted by molar-refractivity contribution is 8.02. The fourth-order valence-corrected chi connectivity index (χ4v) is 23.5. The number of methoxy groups -OCH3 is 1. The lowest BCUT2D eigenvalue weighted by Crippen LogP contribution is -2.31.